The Kier molecular flexibility index (Phi) is 7.07. The zero-order valence-corrected chi connectivity index (χ0v) is 19.1. The molecule has 0 bridgehead atoms. The highest BCUT2D eigenvalue weighted by atomic mass is 32.1. The van der Waals surface area contributed by atoms with Crippen LogP contribution in [0, 0.1) is 11.6 Å². The fourth-order valence-corrected chi connectivity index (χ4v) is 3.84. The highest BCUT2D eigenvalue weighted by Gasteiger charge is 2.21. The Balaban J connectivity index is 1.35. The summed E-state index contributed by atoms with van der Waals surface area (Å²) in [7, 11) is 0. The number of carbonyl (C=O) groups excluding carboxylic acids is 3. The molecule has 0 saturated carbocycles. The Labute approximate surface area is 203 Å². The number of benzene rings is 3. The summed E-state index contributed by atoms with van der Waals surface area (Å²) in [5.41, 5.74) is 1.85. The van der Waals surface area contributed by atoms with Gasteiger partial charge in [-0.2, -0.15) is 0 Å². The summed E-state index contributed by atoms with van der Waals surface area (Å²) in [4.78, 5) is 41.6. The van der Waals surface area contributed by atoms with E-state index < -0.39 is 29.6 Å². The van der Waals surface area contributed by atoms with Crippen molar-refractivity contribution in [3.8, 4) is 11.3 Å². The number of ketones is 1. The van der Waals surface area contributed by atoms with E-state index in [1.807, 2.05) is 6.07 Å². The Morgan fingerprint density at radius 3 is 2.23 bits per heavy atom. The number of ether oxygens (including phenoxy) is 1. The number of anilines is 1. The van der Waals surface area contributed by atoms with Gasteiger partial charge in [-0.1, -0.05) is 42.5 Å². The summed E-state index contributed by atoms with van der Waals surface area (Å²) in [5, 5.41) is 4.33. The average molecular weight is 493 g/mol. The van der Waals surface area contributed by atoms with Crippen LogP contribution >= 0.6 is 11.3 Å². The lowest BCUT2D eigenvalue weighted by atomic mass is 10.0. The molecule has 0 fully saturated rings. The molecular formula is C26H18F2N2O4S. The number of hydrogen-bond donors (Lipinski definition) is 1. The molecule has 4 aromatic rings. The Hall–Kier alpha value is -4.24. The van der Waals surface area contributed by atoms with Gasteiger partial charge in [-0.05, 0) is 37.3 Å². The number of hydrogen-bond acceptors (Lipinski definition) is 6. The molecule has 0 radical (unpaired) electrons. The van der Waals surface area contributed by atoms with Crippen molar-refractivity contribution in [3.63, 3.8) is 0 Å². The van der Waals surface area contributed by atoms with E-state index in [4.69, 9.17) is 4.74 Å². The SMILES string of the molecule is C[C@@H](OC(=O)c1ccc(C(=O)c2ccccc2)cc1)C(=O)Nc1nc(-c2ccc(F)c(F)c2)cs1. The number of esters is 1. The minimum atomic E-state index is -1.14. The van der Waals surface area contributed by atoms with Gasteiger partial charge in [0.2, 0.25) is 0 Å². The molecule has 9 heteroatoms. The zero-order valence-electron chi connectivity index (χ0n) is 18.3. The number of thiazole rings is 1. The van der Waals surface area contributed by atoms with Crippen LogP contribution in [0.3, 0.4) is 0 Å². The summed E-state index contributed by atoms with van der Waals surface area (Å²) in [6.45, 7) is 1.41. The third-order valence-corrected chi connectivity index (χ3v) is 5.78. The van der Waals surface area contributed by atoms with Gasteiger partial charge in [0.1, 0.15) is 0 Å². The molecule has 4 rings (SSSR count). The van der Waals surface area contributed by atoms with Gasteiger partial charge < -0.3 is 4.74 Å². The number of amides is 1. The summed E-state index contributed by atoms with van der Waals surface area (Å²) in [5.74, 6) is -3.48. The van der Waals surface area contributed by atoms with Crippen LogP contribution in [0.25, 0.3) is 11.3 Å². The molecule has 0 aliphatic rings. The molecule has 0 aliphatic carbocycles. The van der Waals surface area contributed by atoms with E-state index in [0.717, 1.165) is 23.5 Å². The first-order chi connectivity index (χ1) is 16.8. The normalized spacial score (nSPS) is 11.5. The van der Waals surface area contributed by atoms with E-state index in [1.165, 1.54) is 37.3 Å². The van der Waals surface area contributed by atoms with Gasteiger partial charge in [-0.25, -0.2) is 18.6 Å². The smallest absolute Gasteiger partial charge is 0.338 e. The average Bonchev–Trinajstić information content (AvgIpc) is 3.34. The van der Waals surface area contributed by atoms with E-state index in [0.29, 0.717) is 22.4 Å². The zero-order chi connectivity index (χ0) is 24.9. The standard InChI is InChI=1S/C26H18F2N2O4S/c1-15(24(32)30-26-29-22(14-35-26)19-11-12-20(27)21(28)13-19)34-25(33)18-9-7-17(8-10-18)23(31)16-5-3-2-4-6-16/h2-15H,1H3,(H,29,30,32)/t15-/m1/s1. The van der Waals surface area contributed by atoms with Crippen LogP contribution in [0.4, 0.5) is 13.9 Å². The van der Waals surface area contributed by atoms with Crippen molar-refractivity contribution in [2.24, 2.45) is 0 Å². The van der Waals surface area contributed by atoms with Gasteiger partial charge in [0, 0.05) is 22.1 Å². The molecule has 1 atom stereocenters. The van der Waals surface area contributed by atoms with Crippen molar-refractivity contribution in [1.82, 2.24) is 4.98 Å². The fourth-order valence-electron chi connectivity index (χ4n) is 3.12. The molecule has 0 saturated heterocycles. The molecule has 0 aliphatic heterocycles. The number of halogens is 2. The van der Waals surface area contributed by atoms with E-state index in [-0.39, 0.29) is 16.5 Å². The van der Waals surface area contributed by atoms with Gasteiger partial charge >= 0.3 is 5.97 Å². The van der Waals surface area contributed by atoms with Gasteiger partial charge in [-0.3, -0.25) is 14.9 Å². The molecule has 0 unspecified atom stereocenters. The molecule has 1 N–H and O–H groups in total. The predicted molar refractivity (Wildman–Crippen MR) is 127 cm³/mol. The van der Waals surface area contributed by atoms with Crippen LogP contribution < -0.4 is 5.32 Å². The van der Waals surface area contributed by atoms with Crippen LogP contribution in [0.2, 0.25) is 0 Å². The number of nitrogens with zero attached hydrogens (tertiary/aromatic N) is 1. The van der Waals surface area contributed by atoms with E-state index in [9.17, 15) is 23.2 Å². The molecule has 1 amide bonds. The van der Waals surface area contributed by atoms with Gasteiger partial charge in [0.25, 0.3) is 5.91 Å². The maximum absolute atomic E-state index is 13.5. The lowest BCUT2D eigenvalue weighted by Crippen LogP contribution is -2.30. The third-order valence-electron chi connectivity index (χ3n) is 5.02. The molecule has 35 heavy (non-hydrogen) atoms. The van der Waals surface area contributed by atoms with Crippen LogP contribution in [0.5, 0.6) is 0 Å². The second-order valence-electron chi connectivity index (χ2n) is 7.48. The van der Waals surface area contributed by atoms with Crippen LogP contribution in [-0.2, 0) is 9.53 Å². The molecule has 1 heterocycles. The Bertz CT molecular complexity index is 1390. The minimum Gasteiger partial charge on any atom is -0.449 e. The first kappa shape index (κ1) is 23.9. The van der Waals surface area contributed by atoms with Crippen LogP contribution in [0.15, 0.2) is 78.2 Å². The van der Waals surface area contributed by atoms with Crippen LogP contribution in [0.1, 0.15) is 33.2 Å². The van der Waals surface area contributed by atoms with Gasteiger partial charge in [-0.15, -0.1) is 11.3 Å². The first-order valence-electron chi connectivity index (χ1n) is 10.4. The molecule has 6 nitrogen and oxygen atoms in total. The molecule has 1 aromatic heterocycles. The van der Waals surface area contributed by atoms with Crippen LogP contribution in [-0.4, -0.2) is 28.7 Å². The maximum atomic E-state index is 13.5. The monoisotopic (exact) mass is 492 g/mol. The van der Waals surface area contributed by atoms with Gasteiger partial charge in [0.15, 0.2) is 28.7 Å². The highest BCUT2D eigenvalue weighted by Crippen LogP contribution is 2.26. The van der Waals surface area contributed by atoms with Crippen molar-refractivity contribution >= 4 is 34.1 Å². The topological polar surface area (TPSA) is 85.4 Å². The minimum absolute atomic E-state index is 0.176. The summed E-state index contributed by atoms with van der Waals surface area (Å²) >= 11 is 1.09. The molecule has 176 valence electrons. The second kappa shape index (κ2) is 10.4. The first-order valence-corrected chi connectivity index (χ1v) is 11.3. The largest absolute Gasteiger partial charge is 0.449 e. The third kappa shape index (κ3) is 5.64. The molecule has 3 aromatic carbocycles. The fraction of sp³-hybridized carbons (Fsp3) is 0.0769. The molecule has 0 spiro atoms. The number of nitrogens with one attached hydrogen (secondary N) is 1. The lowest BCUT2D eigenvalue weighted by molar-refractivity contribution is -0.123. The maximum Gasteiger partial charge on any atom is 0.338 e. The number of carbonyl (C=O) groups is 3. The Morgan fingerprint density at radius 1 is 0.886 bits per heavy atom. The quantitative estimate of drug-likeness (QED) is 0.272. The van der Waals surface area contributed by atoms with Crippen molar-refractivity contribution in [2.45, 2.75) is 13.0 Å². The number of aromatic nitrogens is 1. The Morgan fingerprint density at radius 2 is 1.54 bits per heavy atom. The molecular weight excluding hydrogens is 474 g/mol. The lowest BCUT2D eigenvalue weighted by Gasteiger charge is -2.12. The van der Waals surface area contributed by atoms with Crippen molar-refractivity contribution in [2.75, 3.05) is 5.32 Å². The van der Waals surface area contributed by atoms with E-state index in [2.05, 4.69) is 10.3 Å². The summed E-state index contributed by atoms with van der Waals surface area (Å²) in [6.07, 6.45) is -1.14. The summed E-state index contributed by atoms with van der Waals surface area (Å²) in [6, 6.07) is 18.1. The van der Waals surface area contributed by atoms with E-state index >= 15 is 0 Å². The van der Waals surface area contributed by atoms with Gasteiger partial charge in [0.05, 0.1) is 11.3 Å². The van der Waals surface area contributed by atoms with Crippen molar-refractivity contribution in [1.29, 1.82) is 0 Å². The highest BCUT2D eigenvalue weighted by molar-refractivity contribution is 7.14. The van der Waals surface area contributed by atoms with Crippen molar-refractivity contribution in [3.05, 3.63) is 107 Å². The summed E-state index contributed by atoms with van der Waals surface area (Å²) < 4.78 is 31.8. The predicted octanol–water partition coefficient (Wildman–Crippen LogP) is 5.50. The van der Waals surface area contributed by atoms with Crippen molar-refractivity contribution < 1.29 is 27.9 Å². The van der Waals surface area contributed by atoms with E-state index in [1.54, 1.807) is 29.6 Å². The second-order valence-corrected chi connectivity index (χ2v) is 8.33. The number of rotatable bonds is 7.